The van der Waals surface area contributed by atoms with Crippen molar-refractivity contribution in [2.24, 2.45) is 0 Å². The zero-order chi connectivity index (χ0) is 21.6. The van der Waals surface area contributed by atoms with Crippen LogP contribution in [0.15, 0.2) is 79.1 Å². The molecule has 0 spiro atoms. The third-order valence-corrected chi connectivity index (χ3v) is 5.03. The van der Waals surface area contributed by atoms with E-state index in [1.54, 1.807) is 36.2 Å². The first-order chi connectivity index (χ1) is 15.1. The molecule has 2 heterocycles. The van der Waals surface area contributed by atoms with Crippen molar-refractivity contribution in [1.82, 2.24) is 14.3 Å². The Morgan fingerprint density at radius 1 is 1.00 bits per heavy atom. The van der Waals surface area contributed by atoms with Gasteiger partial charge in [-0.05, 0) is 55.0 Å². The van der Waals surface area contributed by atoms with Gasteiger partial charge in [-0.15, -0.1) is 0 Å². The van der Waals surface area contributed by atoms with E-state index in [2.05, 4.69) is 4.98 Å². The Balaban J connectivity index is 1.28. The zero-order valence-corrected chi connectivity index (χ0v) is 17.7. The molecule has 6 heteroatoms. The second kappa shape index (κ2) is 9.34. The zero-order valence-electron chi connectivity index (χ0n) is 17.7. The molecule has 0 unspecified atom stereocenters. The maximum absolute atomic E-state index is 12.7. The van der Waals surface area contributed by atoms with Gasteiger partial charge in [0.25, 0.3) is 5.91 Å². The van der Waals surface area contributed by atoms with E-state index in [-0.39, 0.29) is 5.91 Å². The summed E-state index contributed by atoms with van der Waals surface area (Å²) in [7, 11) is 1.78. The number of para-hydroxylation sites is 1. The highest BCUT2D eigenvalue weighted by atomic mass is 16.5. The summed E-state index contributed by atoms with van der Waals surface area (Å²) in [6, 6.07) is 20.9. The number of benzene rings is 2. The number of ether oxygens (including phenoxy) is 2. The van der Waals surface area contributed by atoms with Crippen molar-refractivity contribution in [2.45, 2.75) is 13.5 Å². The number of nitrogens with zero attached hydrogens (tertiary/aromatic N) is 3. The lowest BCUT2D eigenvalue weighted by atomic mass is 10.2. The standard InChI is InChI=1S/C25H25N3O3/c1-19-7-3-4-8-23(19)30-16-15-27(2)25(29)20-10-12-22(13-11-20)31-18-21-17-28-14-6-5-9-24(28)26-21/h3-14,17H,15-16,18H2,1-2H3. The lowest BCUT2D eigenvalue weighted by molar-refractivity contribution is 0.0773. The molecule has 4 rings (SSSR count). The van der Waals surface area contributed by atoms with Crippen LogP contribution in [0.4, 0.5) is 0 Å². The van der Waals surface area contributed by atoms with E-state index >= 15 is 0 Å². The smallest absolute Gasteiger partial charge is 0.253 e. The Bertz CT molecular complexity index is 1140. The fraction of sp³-hybridized carbons (Fsp3) is 0.200. The molecule has 2 aromatic carbocycles. The number of carbonyl (C=O) groups is 1. The SMILES string of the molecule is Cc1ccccc1OCCN(C)C(=O)c1ccc(OCc2cn3ccccc3n2)cc1. The third kappa shape index (κ3) is 5.04. The second-order valence-corrected chi connectivity index (χ2v) is 7.35. The lowest BCUT2D eigenvalue weighted by Gasteiger charge is -2.18. The molecule has 0 N–H and O–H groups in total. The molecule has 0 fully saturated rings. The average molecular weight is 415 g/mol. The first-order valence-electron chi connectivity index (χ1n) is 10.2. The van der Waals surface area contributed by atoms with Gasteiger partial charge < -0.3 is 18.8 Å². The molecule has 0 aliphatic carbocycles. The van der Waals surface area contributed by atoms with Gasteiger partial charge >= 0.3 is 0 Å². The molecular formula is C25H25N3O3. The molecule has 0 radical (unpaired) electrons. The predicted molar refractivity (Wildman–Crippen MR) is 120 cm³/mol. The number of amides is 1. The van der Waals surface area contributed by atoms with Gasteiger partial charge in [0.1, 0.15) is 30.4 Å². The molecular weight excluding hydrogens is 390 g/mol. The van der Waals surface area contributed by atoms with Crippen molar-refractivity contribution in [3.05, 3.63) is 95.9 Å². The summed E-state index contributed by atoms with van der Waals surface area (Å²) < 4.78 is 13.6. The topological polar surface area (TPSA) is 56.1 Å². The van der Waals surface area contributed by atoms with Gasteiger partial charge in [-0.3, -0.25) is 4.79 Å². The van der Waals surface area contributed by atoms with E-state index in [1.807, 2.05) is 66.2 Å². The quantitative estimate of drug-likeness (QED) is 0.429. The number of aryl methyl sites for hydroxylation is 1. The van der Waals surface area contributed by atoms with Crippen LogP contribution in [-0.2, 0) is 6.61 Å². The molecule has 0 saturated heterocycles. The number of likely N-dealkylation sites (N-methyl/N-ethyl adjacent to an activating group) is 1. The summed E-state index contributed by atoms with van der Waals surface area (Å²) in [6.07, 6.45) is 3.90. The van der Waals surface area contributed by atoms with Gasteiger partial charge in [-0.1, -0.05) is 24.3 Å². The molecule has 1 amide bonds. The Morgan fingerprint density at radius 2 is 1.77 bits per heavy atom. The molecule has 0 aliphatic rings. The van der Waals surface area contributed by atoms with Gasteiger partial charge in [0.05, 0.1) is 12.2 Å². The Labute approximate surface area is 181 Å². The van der Waals surface area contributed by atoms with Crippen molar-refractivity contribution in [1.29, 1.82) is 0 Å². The van der Waals surface area contributed by atoms with Gasteiger partial charge in [-0.25, -0.2) is 4.98 Å². The van der Waals surface area contributed by atoms with Crippen LogP contribution in [0.1, 0.15) is 21.6 Å². The molecule has 0 saturated carbocycles. The normalized spacial score (nSPS) is 10.8. The van der Waals surface area contributed by atoms with Crippen molar-refractivity contribution in [2.75, 3.05) is 20.2 Å². The summed E-state index contributed by atoms with van der Waals surface area (Å²) >= 11 is 0. The summed E-state index contributed by atoms with van der Waals surface area (Å²) in [5, 5.41) is 0. The van der Waals surface area contributed by atoms with Crippen LogP contribution < -0.4 is 9.47 Å². The first kappa shape index (κ1) is 20.5. The van der Waals surface area contributed by atoms with E-state index in [4.69, 9.17) is 9.47 Å². The average Bonchev–Trinajstić information content (AvgIpc) is 3.22. The van der Waals surface area contributed by atoms with Crippen LogP contribution in [0.5, 0.6) is 11.5 Å². The minimum Gasteiger partial charge on any atom is -0.491 e. The Kier molecular flexibility index (Phi) is 6.17. The maximum Gasteiger partial charge on any atom is 0.253 e. The highest BCUT2D eigenvalue weighted by molar-refractivity contribution is 5.94. The van der Waals surface area contributed by atoms with Crippen LogP contribution in [0.25, 0.3) is 5.65 Å². The van der Waals surface area contributed by atoms with Crippen LogP contribution >= 0.6 is 0 Å². The fourth-order valence-electron chi connectivity index (χ4n) is 3.24. The van der Waals surface area contributed by atoms with E-state index in [1.165, 1.54) is 0 Å². The summed E-state index contributed by atoms with van der Waals surface area (Å²) in [5.74, 6) is 1.48. The number of hydrogen-bond acceptors (Lipinski definition) is 4. The molecule has 4 aromatic rings. The molecule has 31 heavy (non-hydrogen) atoms. The van der Waals surface area contributed by atoms with Crippen molar-refractivity contribution in [3.8, 4) is 11.5 Å². The number of imidazole rings is 1. The van der Waals surface area contributed by atoms with E-state index in [0.29, 0.717) is 31.1 Å². The monoisotopic (exact) mass is 415 g/mol. The minimum absolute atomic E-state index is 0.0553. The number of rotatable bonds is 8. The Morgan fingerprint density at radius 3 is 2.55 bits per heavy atom. The van der Waals surface area contributed by atoms with Crippen molar-refractivity contribution >= 4 is 11.6 Å². The van der Waals surface area contributed by atoms with Crippen LogP contribution in [-0.4, -0.2) is 40.4 Å². The molecule has 0 aliphatic heterocycles. The van der Waals surface area contributed by atoms with Gasteiger partial charge in [0.15, 0.2) is 0 Å². The van der Waals surface area contributed by atoms with Gasteiger partial charge in [-0.2, -0.15) is 0 Å². The number of aromatic nitrogens is 2. The minimum atomic E-state index is -0.0553. The number of pyridine rings is 1. The van der Waals surface area contributed by atoms with Crippen molar-refractivity contribution in [3.63, 3.8) is 0 Å². The largest absolute Gasteiger partial charge is 0.491 e. The molecule has 2 aromatic heterocycles. The first-order valence-corrected chi connectivity index (χ1v) is 10.2. The van der Waals surface area contributed by atoms with Gasteiger partial charge in [0.2, 0.25) is 0 Å². The second-order valence-electron chi connectivity index (χ2n) is 7.35. The third-order valence-electron chi connectivity index (χ3n) is 5.03. The highest BCUT2D eigenvalue weighted by Gasteiger charge is 2.12. The highest BCUT2D eigenvalue weighted by Crippen LogP contribution is 2.17. The number of carbonyl (C=O) groups excluding carboxylic acids is 1. The molecule has 0 bridgehead atoms. The van der Waals surface area contributed by atoms with Crippen molar-refractivity contribution < 1.29 is 14.3 Å². The molecule has 6 nitrogen and oxygen atoms in total. The number of hydrogen-bond donors (Lipinski definition) is 0. The maximum atomic E-state index is 12.7. The van der Waals surface area contributed by atoms with Crippen LogP contribution in [0.3, 0.4) is 0 Å². The van der Waals surface area contributed by atoms with Gasteiger partial charge in [0, 0.05) is 25.0 Å². The lowest BCUT2D eigenvalue weighted by Crippen LogP contribution is -2.30. The summed E-state index contributed by atoms with van der Waals surface area (Å²) in [6.45, 7) is 3.31. The van der Waals surface area contributed by atoms with Crippen LogP contribution in [0, 0.1) is 6.92 Å². The predicted octanol–water partition coefficient (Wildman–Crippen LogP) is 4.37. The number of fused-ring (bicyclic) bond motifs is 1. The molecule has 0 atom stereocenters. The fourth-order valence-corrected chi connectivity index (χ4v) is 3.24. The van der Waals surface area contributed by atoms with E-state index in [0.717, 1.165) is 22.7 Å². The Hall–Kier alpha value is -3.80. The summed E-state index contributed by atoms with van der Waals surface area (Å²) in [5.41, 5.74) is 3.42. The summed E-state index contributed by atoms with van der Waals surface area (Å²) in [4.78, 5) is 18.8. The van der Waals surface area contributed by atoms with E-state index < -0.39 is 0 Å². The van der Waals surface area contributed by atoms with E-state index in [9.17, 15) is 4.79 Å². The molecule has 158 valence electrons. The van der Waals surface area contributed by atoms with Crippen LogP contribution in [0.2, 0.25) is 0 Å².